The van der Waals surface area contributed by atoms with Gasteiger partial charge in [0.15, 0.2) is 11.0 Å². The number of hydrogen-bond acceptors (Lipinski definition) is 6. The van der Waals surface area contributed by atoms with Crippen LogP contribution in [0.25, 0.3) is 22.6 Å². The van der Waals surface area contributed by atoms with Crippen molar-refractivity contribution in [2.75, 3.05) is 24.3 Å². The molecule has 0 radical (unpaired) electrons. The number of amides is 2. The summed E-state index contributed by atoms with van der Waals surface area (Å²) in [4.78, 5) is 24.4. The molecule has 1 saturated heterocycles. The third-order valence-electron chi connectivity index (χ3n) is 8.13. The third kappa shape index (κ3) is 7.67. The lowest BCUT2D eigenvalue weighted by atomic mass is 10.00. The van der Waals surface area contributed by atoms with E-state index >= 15 is 0 Å². The van der Waals surface area contributed by atoms with E-state index < -0.39 is 12.4 Å². The number of urea groups is 1. The molecule has 0 atom stereocenters. The Morgan fingerprint density at radius 1 is 0.979 bits per heavy atom. The SMILES string of the molecule is COc1ccc(C(C)C)c(N2CCCS/C2=N\C(=O)NC2=C(c3ccc(-c4ncn(-c5ccc(OC(F)(F)F)cc5)n4)cc3)CCC2)c1. The molecule has 2 amide bonds. The van der Waals surface area contributed by atoms with E-state index in [-0.39, 0.29) is 5.75 Å². The van der Waals surface area contributed by atoms with Gasteiger partial charge >= 0.3 is 12.4 Å². The smallest absolute Gasteiger partial charge is 0.497 e. The van der Waals surface area contributed by atoms with Crippen molar-refractivity contribution in [2.45, 2.75) is 51.8 Å². The Morgan fingerprint density at radius 3 is 2.42 bits per heavy atom. The average Bonchev–Trinajstić information content (AvgIpc) is 3.75. The van der Waals surface area contributed by atoms with Crippen molar-refractivity contribution in [2.24, 2.45) is 4.99 Å². The van der Waals surface area contributed by atoms with Crippen LogP contribution in [0.4, 0.5) is 23.7 Å². The number of nitrogens with zero attached hydrogens (tertiary/aromatic N) is 5. The first-order valence-corrected chi connectivity index (χ1v) is 16.6. The predicted molar refractivity (Wildman–Crippen MR) is 182 cm³/mol. The van der Waals surface area contributed by atoms with Crippen LogP contribution in [0.2, 0.25) is 0 Å². The van der Waals surface area contributed by atoms with Gasteiger partial charge in [-0.2, -0.15) is 4.99 Å². The number of amidine groups is 1. The Kier molecular flexibility index (Phi) is 9.76. The van der Waals surface area contributed by atoms with Gasteiger partial charge in [0.25, 0.3) is 0 Å². The minimum absolute atomic E-state index is 0.291. The van der Waals surface area contributed by atoms with Gasteiger partial charge in [-0.25, -0.2) is 14.5 Å². The van der Waals surface area contributed by atoms with Crippen LogP contribution in [0, 0.1) is 0 Å². The Hall–Kier alpha value is -4.78. The summed E-state index contributed by atoms with van der Waals surface area (Å²) in [6.45, 7) is 5.07. The number of benzene rings is 3. The zero-order chi connectivity index (χ0) is 33.8. The van der Waals surface area contributed by atoms with E-state index in [1.54, 1.807) is 18.9 Å². The van der Waals surface area contributed by atoms with E-state index in [0.717, 1.165) is 71.8 Å². The summed E-state index contributed by atoms with van der Waals surface area (Å²) in [5, 5.41) is 8.25. The fourth-order valence-corrected chi connectivity index (χ4v) is 6.78. The van der Waals surface area contributed by atoms with E-state index in [9.17, 15) is 18.0 Å². The first-order chi connectivity index (χ1) is 23.1. The number of nitrogens with one attached hydrogen (secondary N) is 1. The fourth-order valence-electron chi connectivity index (χ4n) is 5.83. The number of carbonyl (C=O) groups excluding carboxylic acids is 1. The lowest BCUT2D eigenvalue weighted by Crippen LogP contribution is -2.36. The van der Waals surface area contributed by atoms with E-state index in [4.69, 9.17) is 4.74 Å². The molecule has 4 aromatic rings. The molecular weight excluding hydrogens is 641 g/mol. The molecule has 0 spiro atoms. The van der Waals surface area contributed by atoms with Crippen LogP contribution in [0.3, 0.4) is 0 Å². The second kappa shape index (κ2) is 14.1. The van der Waals surface area contributed by atoms with Crippen LogP contribution in [-0.4, -0.2) is 51.7 Å². The highest BCUT2D eigenvalue weighted by atomic mass is 32.2. The Bertz CT molecular complexity index is 1840. The van der Waals surface area contributed by atoms with Crippen molar-refractivity contribution >= 4 is 34.2 Å². The minimum atomic E-state index is -4.75. The van der Waals surface area contributed by atoms with Crippen molar-refractivity contribution < 1.29 is 27.4 Å². The molecule has 1 fully saturated rings. The van der Waals surface area contributed by atoms with Crippen molar-refractivity contribution in [1.29, 1.82) is 0 Å². The molecule has 6 rings (SSSR count). The second-order valence-corrected chi connectivity index (χ2v) is 12.8. The lowest BCUT2D eigenvalue weighted by Gasteiger charge is -2.32. The molecule has 2 aliphatic rings. The highest BCUT2D eigenvalue weighted by molar-refractivity contribution is 8.14. The van der Waals surface area contributed by atoms with Crippen LogP contribution in [0.1, 0.15) is 56.6 Å². The van der Waals surface area contributed by atoms with Gasteiger partial charge in [0.05, 0.1) is 12.8 Å². The largest absolute Gasteiger partial charge is 0.573 e. The Labute approximate surface area is 280 Å². The first kappa shape index (κ1) is 33.1. The second-order valence-electron chi connectivity index (χ2n) is 11.7. The molecule has 1 aliphatic heterocycles. The summed E-state index contributed by atoms with van der Waals surface area (Å²) in [6.07, 6.45) is 0.224. The number of anilines is 1. The number of aromatic nitrogens is 3. The molecule has 1 aromatic heterocycles. The van der Waals surface area contributed by atoms with Crippen LogP contribution in [-0.2, 0) is 0 Å². The Balaban J connectivity index is 1.17. The molecule has 0 bridgehead atoms. The van der Waals surface area contributed by atoms with Gasteiger partial charge in [-0.3, -0.25) is 0 Å². The molecule has 2 heterocycles. The standard InChI is InChI=1S/C35H35F3N6O3S/c1-22(2)28-17-16-27(46-3)20-31(28)43-18-5-19-48-34(43)41-33(45)40-30-7-4-6-29(30)23-8-10-24(11-9-23)32-39-21-44(42-32)25-12-14-26(15-13-25)47-35(36,37)38/h8-17,20-22H,4-7,18-19H2,1-3H3,(H,40,45)/b41-34-. The molecule has 1 N–H and O–H groups in total. The Morgan fingerprint density at radius 2 is 1.71 bits per heavy atom. The number of aliphatic imine (C=N–C) groups is 1. The lowest BCUT2D eigenvalue weighted by molar-refractivity contribution is -0.274. The molecule has 0 unspecified atom stereocenters. The zero-order valence-electron chi connectivity index (χ0n) is 26.8. The number of alkyl halides is 3. The van der Waals surface area contributed by atoms with Gasteiger partial charge in [-0.15, -0.1) is 18.3 Å². The first-order valence-electron chi connectivity index (χ1n) is 15.7. The van der Waals surface area contributed by atoms with Crippen molar-refractivity contribution in [3.8, 4) is 28.6 Å². The van der Waals surface area contributed by atoms with Gasteiger partial charge in [0, 0.05) is 35.3 Å². The monoisotopic (exact) mass is 676 g/mol. The van der Waals surface area contributed by atoms with Gasteiger partial charge in [0.1, 0.15) is 17.8 Å². The number of hydrogen-bond donors (Lipinski definition) is 1. The highest BCUT2D eigenvalue weighted by Crippen LogP contribution is 2.36. The quantitative estimate of drug-likeness (QED) is 0.200. The topological polar surface area (TPSA) is 93.9 Å². The van der Waals surface area contributed by atoms with Gasteiger partial charge < -0.3 is 19.7 Å². The molecule has 3 aromatic carbocycles. The van der Waals surface area contributed by atoms with Crippen LogP contribution >= 0.6 is 11.8 Å². The number of rotatable bonds is 8. The number of allylic oxidation sites excluding steroid dienone is 2. The van der Waals surface area contributed by atoms with Gasteiger partial charge in [-0.1, -0.05) is 55.9 Å². The summed E-state index contributed by atoms with van der Waals surface area (Å²) in [5.74, 6) is 2.10. The molecule has 1 aliphatic carbocycles. The predicted octanol–water partition coefficient (Wildman–Crippen LogP) is 8.57. The maximum absolute atomic E-state index is 13.3. The number of ether oxygens (including phenoxy) is 2. The van der Waals surface area contributed by atoms with E-state index in [0.29, 0.717) is 22.6 Å². The molecule has 48 heavy (non-hydrogen) atoms. The molecule has 0 saturated carbocycles. The number of carbonyl (C=O) groups is 1. The van der Waals surface area contributed by atoms with E-state index in [1.807, 2.05) is 36.4 Å². The molecule has 9 nitrogen and oxygen atoms in total. The minimum Gasteiger partial charge on any atom is -0.497 e. The van der Waals surface area contributed by atoms with Gasteiger partial charge in [0.2, 0.25) is 0 Å². The average molecular weight is 677 g/mol. The van der Waals surface area contributed by atoms with Crippen molar-refractivity contribution in [3.63, 3.8) is 0 Å². The summed E-state index contributed by atoms with van der Waals surface area (Å²) in [7, 11) is 1.65. The number of thioether (sulfide) groups is 1. The zero-order valence-corrected chi connectivity index (χ0v) is 27.6. The van der Waals surface area contributed by atoms with Crippen LogP contribution < -0.4 is 19.7 Å². The summed E-state index contributed by atoms with van der Waals surface area (Å²) in [5.41, 5.74) is 6.43. The third-order valence-corrected chi connectivity index (χ3v) is 9.19. The molecular formula is C35H35F3N6O3S. The summed E-state index contributed by atoms with van der Waals surface area (Å²) >= 11 is 1.58. The highest BCUT2D eigenvalue weighted by Gasteiger charge is 2.31. The number of halogens is 3. The molecule has 13 heteroatoms. The molecule has 250 valence electrons. The van der Waals surface area contributed by atoms with Gasteiger partial charge in [-0.05, 0) is 78.6 Å². The van der Waals surface area contributed by atoms with E-state index in [2.05, 4.69) is 49.9 Å². The fraction of sp³-hybridized carbons (Fsp3) is 0.314. The van der Waals surface area contributed by atoms with Crippen LogP contribution in [0.15, 0.2) is 83.7 Å². The van der Waals surface area contributed by atoms with Crippen LogP contribution in [0.5, 0.6) is 11.5 Å². The summed E-state index contributed by atoms with van der Waals surface area (Å²) < 4.78 is 48.4. The normalized spacial score (nSPS) is 16.1. The maximum atomic E-state index is 13.3. The van der Waals surface area contributed by atoms with Crippen molar-refractivity contribution in [3.05, 3.63) is 89.9 Å². The maximum Gasteiger partial charge on any atom is 0.573 e. The summed E-state index contributed by atoms with van der Waals surface area (Å²) in [6, 6.07) is 18.9. The van der Waals surface area contributed by atoms with Crippen molar-refractivity contribution in [1.82, 2.24) is 20.1 Å². The van der Waals surface area contributed by atoms with E-state index in [1.165, 1.54) is 40.8 Å². The number of methoxy groups -OCH3 is 1.